The van der Waals surface area contributed by atoms with Crippen LogP contribution in [0.1, 0.15) is 61.7 Å². The van der Waals surface area contributed by atoms with Crippen molar-refractivity contribution >= 4 is 17.5 Å². The molecule has 2 unspecified atom stereocenters. The number of rotatable bonds is 11. The number of hydrogen-bond acceptors (Lipinski definition) is 4. The quantitative estimate of drug-likeness (QED) is 0.293. The van der Waals surface area contributed by atoms with Crippen molar-refractivity contribution in [2.24, 2.45) is 11.8 Å². The van der Waals surface area contributed by atoms with Crippen molar-refractivity contribution in [2.75, 3.05) is 0 Å². The van der Waals surface area contributed by atoms with Crippen molar-refractivity contribution in [3.05, 3.63) is 42.0 Å². The van der Waals surface area contributed by atoms with E-state index in [0.29, 0.717) is 25.7 Å². The molecule has 2 rings (SSSR count). The highest BCUT2D eigenvalue weighted by molar-refractivity contribution is 6.06. The number of aliphatic carboxylic acids is 1. The van der Waals surface area contributed by atoms with Crippen molar-refractivity contribution in [2.45, 2.75) is 57.7 Å². The monoisotopic (exact) mass is 426 g/mol. The second-order valence-corrected chi connectivity index (χ2v) is 7.39. The smallest absolute Gasteiger partial charge is 0.481 e. The molecular weight excluding hydrogens is 401 g/mol. The summed E-state index contributed by atoms with van der Waals surface area (Å²) in [5.74, 6) is -2.20. The lowest BCUT2D eigenvalue weighted by atomic mass is 9.89. The number of Topliss-reactive ketones (excluding diaryl/α,β-unsaturated/α-hetero) is 1. The first-order chi connectivity index (χ1) is 14.2. The fourth-order valence-electron chi connectivity index (χ4n) is 3.72. The van der Waals surface area contributed by atoms with Crippen LogP contribution in [-0.4, -0.2) is 29.0 Å². The zero-order valence-electron chi connectivity index (χ0n) is 16.5. The van der Waals surface area contributed by atoms with Gasteiger partial charge in [-0.05, 0) is 43.4 Å². The average Bonchev–Trinajstić information content (AvgIpc) is 3.01. The van der Waals surface area contributed by atoms with Gasteiger partial charge in [0, 0.05) is 18.8 Å². The Hall–Kier alpha value is -2.64. The number of para-hydroxylation sites is 1. The minimum absolute atomic E-state index is 0.128. The Labute approximate surface area is 172 Å². The number of alkyl halides is 3. The third kappa shape index (κ3) is 7.65. The van der Waals surface area contributed by atoms with E-state index in [0.717, 1.165) is 25.3 Å². The molecule has 0 heterocycles. The van der Waals surface area contributed by atoms with Gasteiger partial charge in [-0.3, -0.25) is 14.4 Å². The average molecular weight is 426 g/mol. The molecule has 1 aromatic rings. The Kier molecular flexibility index (Phi) is 8.62. The number of ether oxygens (including phenoxy) is 1. The molecule has 1 N–H and O–H groups in total. The van der Waals surface area contributed by atoms with Crippen LogP contribution in [0.15, 0.2) is 36.4 Å². The van der Waals surface area contributed by atoms with Crippen molar-refractivity contribution in [1.82, 2.24) is 0 Å². The molecule has 0 aliphatic heterocycles. The van der Waals surface area contributed by atoms with E-state index in [9.17, 15) is 27.6 Å². The topological polar surface area (TPSA) is 80.7 Å². The maximum absolute atomic E-state index is 12.5. The minimum Gasteiger partial charge on any atom is -0.481 e. The van der Waals surface area contributed by atoms with Gasteiger partial charge >= 0.3 is 12.3 Å². The Morgan fingerprint density at radius 2 is 1.83 bits per heavy atom. The van der Waals surface area contributed by atoms with Gasteiger partial charge < -0.3 is 9.84 Å². The number of halogens is 3. The summed E-state index contributed by atoms with van der Waals surface area (Å²) in [6.07, 6.45) is 2.76. The van der Waals surface area contributed by atoms with Crippen molar-refractivity contribution in [1.29, 1.82) is 0 Å². The van der Waals surface area contributed by atoms with Gasteiger partial charge in [-0.1, -0.05) is 37.5 Å². The summed E-state index contributed by atoms with van der Waals surface area (Å²) in [5, 5.41) is 8.63. The predicted molar refractivity (Wildman–Crippen MR) is 103 cm³/mol. The lowest BCUT2D eigenvalue weighted by Crippen LogP contribution is -2.19. The molecule has 164 valence electrons. The van der Waals surface area contributed by atoms with Gasteiger partial charge in [0.05, 0.1) is 5.56 Å². The molecule has 0 radical (unpaired) electrons. The fraction of sp³-hybridized carbons (Fsp3) is 0.500. The Morgan fingerprint density at radius 3 is 2.53 bits per heavy atom. The molecular formula is C22H25F3O5. The summed E-state index contributed by atoms with van der Waals surface area (Å²) in [6.45, 7) is 0. The van der Waals surface area contributed by atoms with Crippen LogP contribution in [0, 0.1) is 11.8 Å². The van der Waals surface area contributed by atoms with E-state index in [1.807, 2.05) is 0 Å². The van der Waals surface area contributed by atoms with E-state index >= 15 is 0 Å². The van der Waals surface area contributed by atoms with E-state index in [1.165, 1.54) is 24.3 Å². The van der Waals surface area contributed by atoms with Crippen molar-refractivity contribution in [3.8, 4) is 5.75 Å². The first-order valence-electron chi connectivity index (χ1n) is 9.99. The number of carbonyl (C=O) groups is 3. The first kappa shape index (κ1) is 23.6. The van der Waals surface area contributed by atoms with Crippen LogP contribution < -0.4 is 4.74 Å². The molecule has 0 spiro atoms. The van der Waals surface area contributed by atoms with Gasteiger partial charge in [0.2, 0.25) is 0 Å². The normalized spacial score (nSPS) is 19.4. The highest BCUT2D eigenvalue weighted by atomic mass is 19.4. The standard InChI is InChI=1S/C22H25F3O5/c23-22(24,25)30-20-9-6-5-8-17(20)19(27)14-12-15-11-13-18(26)16(15)7-3-1-2-4-10-21(28)29/h5-6,8-9,12,14-16H,1-4,7,10-11,13H2,(H,28,29). The summed E-state index contributed by atoms with van der Waals surface area (Å²) < 4.78 is 41.5. The van der Waals surface area contributed by atoms with Crippen LogP contribution in [0.5, 0.6) is 5.75 Å². The molecule has 1 aliphatic carbocycles. The largest absolute Gasteiger partial charge is 0.573 e. The summed E-state index contributed by atoms with van der Waals surface area (Å²) in [7, 11) is 0. The second-order valence-electron chi connectivity index (χ2n) is 7.39. The molecule has 0 saturated heterocycles. The molecule has 0 bridgehead atoms. The molecule has 0 aromatic heterocycles. The number of carboxylic acid groups (broad SMARTS) is 1. The fourth-order valence-corrected chi connectivity index (χ4v) is 3.72. The molecule has 5 nitrogen and oxygen atoms in total. The van der Waals surface area contributed by atoms with Crippen molar-refractivity contribution < 1.29 is 37.4 Å². The maximum atomic E-state index is 12.5. The number of allylic oxidation sites excluding steroid dienone is 2. The zero-order valence-corrected chi connectivity index (χ0v) is 16.5. The van der Waals surface area contributed by atoms with E-state index < -0.39 is 23.9 Å². The number of ketones is 2. The van der Waals surface area contributed by atoms with Crippen LogP contribution >= 0.6 is 0 Å². The summed E-state index contributed by atoms with van der Waals surface area (Å²) in [5.41, 5.74) is -0.189. The lowest BCUT2D eigenvalue weighted by molar-refractivity contribution is -0.274. The first-order valence-corrected chi connectivity index (χ1v) is 9.99. The van der Waals surface area contributed by atoms with Crippen molar-refractivity contribution in [3.63, 3.8) is 0 Å². The second kappa shape index (κ2) is 10.9. The molecule has 0 amide bonds. The maximum Gasteiger partial charge on any atom is 0.573 e. The number of carbonyl (C=O) groups excluding carboxylic acids is 2. The van der Waals surface area contributed by atoms with Crippen LogP contribution in [-0.2, 0) is 9.59 Å². The van der Waals surface area contributed by atoms with Gasteiger partial charge in [-0.15, -0.1) is 13.2 Å². The SMILES string of the molecule is O=C(O)CCCCCCC1C(=O)CCC1C=CC(=O)c1ccccc1OC(F)(F)F. The van der Waals surface area contributed by atoms with Crippen LogP contribution in [0.2, 0.25) is 0 Å². The van der Waals surface area contributed by atoms with E-state index in [-0.39, 0.29) is 29.6 Å². The van der Waals surface area contributed by atoms with Crippen LogP contribution in [0.25, 0.3) is 0 Å². The Morgan fingerprint density at radius 1 is 1.13 bits per heavy atom. The number of unbranched alkanes of at least 4 members (excludes halogenated alkanes) is 3. The third-order valence-electron chi connectivity index (χ3n) is 5.18. The summed E-state index contributed by atoms with van der Waals surface area (Å²) >= 11 is 0. The number of hydrogen-bond donors (Lipinski definition) is 1. The Bertz CT molecular complexity index is 785. The van der Waals surface area contributed by atoms with Gasteiger partial charge in [0.25, 0.3) is 0 Å². The number of carboxylic acids is 1. The summed E-state index contributed by atoms with van der Waals surface area (Å²) in [4.78, 5) is 35.1. The predicted octanol–water partition coefficient (Wildman–Crippen LogP) is 5.34. The van der Waals surface area contributed by atoms with Gasteiger partial charge in [-0.25, -0.2) is 0 Å². The molecule has 2 atom stereocenters. The highest BCUT2D eigenvalue weighted by Gasteiger charge is 2.34. The van der Waals surface area contributed by atoms with Crippen LogP contribution in [0.3, 0.4) is 0 Å². The van der Waals surface area contributed by atoms with Gasteiger partial charge in [0.15, 0.2) is 5.78 Å². The molecule has 1 saturated carbocycles. The summed E-state index contributed by atoms with van der Waals surface area (Å²) in [6, 6.07) is 5.16. The van der Waals surface area contributed by atoms with Gasteiger partial charge in [0.1, 0.15) is 11.5 Å². The Balaban J connectivity index is 1.93. The highest BCUT2D eigenvalue weighted by Crippen LogP contribution is 2.34. The minimum atomic E-state index is -4.90. The molecule has 1 aliphatic rings. The molecule has 1 aromatic carbocycles. The zero-order chi connectivity index (χ0) is 22.1. The lowest BCUT2D eigenvalue weighted by Gasteiger charge is -2.15. The van der Waals surface area contributed by atoms with Crippen LogP contribution in [0.4, 0.5) is 13.2 Å². The van der Waals surface area contributed by atoms with Gasteiger partial charge in [-0.2, -0.15) is 0 Å². The third-order valence-corrected chi connectivity index (χ3v) is 5.18. The van der Waals surface area contributed by atoms with E-state index in [1.54, 1.807) is 6.08 Å². The number of benzene rings is 1. The molecule has 30 heavy (non-hydrogen) atoms. The molecule has 8 heteroatoms. The molecule has 1 fully saturated rings. The van der Waals surface area contributed by atoms with E-state index in [2.05, 4.69) is 4.74 Å². The van der Waals surface area contributed by atoms with E-state index in [4.69, 9.17) is 5.11 Å².